The number of carbonyl (C=O) groups excluding carboxylic acids is 1. The Balaban J connectivity index is 2.65. The minimum atomic E-state index is -1.02. The topological polar surface area (TPSA) is 101 Å². The van der Waals surface area contributed by atoms with E-state index in [0.29, 0.717) is 6.42 Å². The Kier molecular flexibility index (Phi) is 6.17. The molecule has 0 radical (unpaired) electrons. The van der Waals surface area contributed by atoms with Gasteiger partial charge in [0.1, 0.15) is 0 Å². The average molecular weight is 467 g/mol. The molecular formula is C12H17AtO6. The summed E-state index contributed by atoms with van der Waals surface area (Å²) in [6, 6.07) is 0. The van der Waals surface area contributed by atoms with Crippen LogP contribution < -0.4 is 0 Å². The summed E-state index contributed by atoms with van der Waals surface area (Å²) in [5.74, 6) is -4.02. The van der Waals surface area contributed by atoms with Crippen LogP contribution in [0.2, 0.25) is 3.63 Å². The number of hydrogen-bond acceptors (Lipinski definition) is 4. The maximum absolute atomic E-state index is 12.0. The number of hydrogen-bond donors (Lipinski definition) is 2. The van der Waals surface area contributed by atoms with E-state index in [1.165, 1.54) is 0 Å². The number of aliphatic carboxylic acids is 2. The van der Waals surface area contributed by atoms with Crippen LogP contribution in [0.1, 0.15) is 26.2 Å². The third-order valence-corrected chi connectivity index (χ3v) is 4.67. The van der Waals surface area contributed by atoms with Crippen LogP contribution in [0, 0.1) is 42.5 Å². The van der Waals surface area contributed by atoms with E-state index in [2.05, 4.69) is 0 Å². The van der Waals surface area contributed by atoms with E-state index >= 15 is 0 Å². The van der Waals surface area contributed by atoms with Crippen molar-refractivity contribution in [2.75, 3.05) is 6.61 Å². The summed E-state index contributed by atoms with van der Waals surface area (Å²) in [5.41, 5.74) is 0. The van der Waals surface area contributed by atoms with Gasteiger partial charge in [-0.3, -0.25) is 0 Å². The summed E-state index contributed by atoms with van der Waals surface area (Å²) >= 11 is 1.02. The molecule has 0 aromatic carbocycles. The molecule has 1 fully saturated rings. The molecule has 1 aliphatic rings. The van der Waals surface area contributed by atoms with Gasteiger partial charge in [-0.1, -0.05) is 0 Å². The Morgan fingerprint density at radius 1 is 1.32 bits per heavy atom. The van der Waals surface area contributed by atoms with Crippen LogP contribution in [0.15, 0.2) is 0 Å². The molecule has 108 valence electrons. The van der Waals surface area contributed by atoms with E-state index < -0.39 is 33.4 Å². The van der Waals surface area contributed by atoms with Crippen LogP contribution in [-0.2, 0) is 19.1 Å². The molecule has 0 bridgehead atoms. The van der Waals surface area contributed by atoms with Crippen molar-refractivity contribution in [2.45, 2.75) is 29.8 Å². The molecule has 0 heterocycles. The molecule has 6 nitrogen and oxygen atoms in total. The van der Waals surface area contributed by atoms with Crippen molar-refractivity contribution in [3.8, 4) is 0 Å². The molecule has 0 saturated heterocycles. The third kappa shape index (κ3) is 4.41. The van der Waals surface area contributed by atoms with E-state index in [9.17, 15) is 14.4 Å². The van der Waals surface area contributed by atoms with Gasteiger partial charge in [0.15, 0.2) is 0 Å². The van der Waals surface area contributed by atoms with Gasteiger partial charge in [-0.15, -0.1) is 0 Å². The third-order valence-electron chi connectivity index (χ3n) is 3.45. The van der Waals surface area contributed by atoms with Gasteiger partial charge in [-0.25, -0.2) is 0 Å². The minimum absolute atomic E-state index is 0.0487. The second kappa shape index (κ2) is 7.18. The normalized spacial score (nSPS) is 28.4. The van der Waals surface area contributed by atoms with Gasteiger partial charge in [0.2, 0.25) is 0 Å². The second-order valence-electron chi connectivity index (χ2n) is 4.81. The van der Waals surface area contributed by atoms with Crippen LogP contribution in [0.25, 0.3) is 0 Å². The quantitative estimate of drug-likeness (QED) is 0.588. The molecule has 7 heteroatoms. The van der Waals surface area contributed by atoms with Crippen LogP contribution in [0.3, 0.4) is 0 Å². The van der Waals surface area contributed by atoms with Crippen molar-refractivity contribution in [1.29, 1.82) is 0 Å². The van der Waals surface area contributed by atoms with E-state index in [0.717, 1.165) is 37.6 Å². The molecule has 1 saturated carbocycles. The first-order valence-electron chi connectivity index (χ1n) is 6.11. The molecule has 19 heavy (non-hydrogen) atoms. The first-order chi connectivity index (χ1) is 8.84. The fourth-order valence-corrected chi connectivity index (χ4v) is 2.66. The van der Waals surface area contributed by atoms with Gasteiger partial charge in [-0.05, 0) is 0 Å². The monoisotopic (exact) mass is 467 g/mol. The van der Waals surface area contributed by atoms with Crippen molar-refractivity contribution < 1.29 is 54.1 Å². The zero-order chi connectivity index (χ0) is 14.6. The molecule has 0 spiro atoms. The van der Waals surface area contributed by atoms with Crippen molar-refractivity contribution >= 4 is 17.9 Å². The SMILES string of the molecule is C[C@@H]1CCC[C@@H](C(=O)O)[C@H]1C(=O)OC[C@@H]([At])C(=O)O. The Morgan fingerprint density at radius 2 is 1.95 bits per heavy atom. The van der Waals surface area contributed by atoms with Crippen molar-refractivity contribution in [2.24, 2.45) is 17.8 Å². The predicted octanol–water partition coefficient (Wildman–Crippen LogP) is 1.09. The Hall–Kier alpha value is -0.707. The molecule has 0 unspecified atom stereocenters. The molecular weight excluding hydrogens is 450 g/mol. The average Bonchev–Trinajstić information content (AvgIpc) is 2.34. The van der Waals surface area contributed by atoms with Crippen LogP contribution in [0.4, 0.5) is 0 Å². The summed E-state index contributed by atoms with van der Waals surface area (Å²) in [6.07, 6.45) is 2.05. The van der Waals surface area contributed by atoms with Gasteiger partial charge >= 0.3 is 126 Å². The predicted molar refractivity (Wildman–Crippen MR) is 60.0 cm³/mol. The van der Waals surface area contributed by atoms with Crippen molar-refractivity contribution in [3.05, 3.63) is 0 Å². The summed E-state index contributed by atoms with van der Waals surface area (Å²) in [4.78, 5) is 33.8. The van der Waals surface area contributed by atoms with Gasteiger partial charge in [0, 0.05) is 0 Å². The van der Waals surface area contributed by atoms with Crippen molar-refractivity contribution in [1.82, 2.24) is 0 Å². The first-order valence-corrected chi connectivity index (χ1v) is 7.80. The summed E-state index contributed by atoms with van der Waals surface area (Å²) in [7, 11) is 0. The number of carboxylic acid groups (broad SMARTS) is 2. The first kappa shape index (κ1) is 16.3. The molecule has 2 N–H and O–H groups in total. The van der Waals surface area contributed by atoms with E-state index in [-0.39, 0.29) is 12.5 Å². The van der Waals surface area contributed by atoms with E-state index in [1.807, 2.05) is 6.92 Å². The second-order valence-corrected chi connectivity index (χ2v) is 6.86. The zero-order valence-corrected chi connectivity index (χ0v) is 13.5. The summed E-state index contributed by atoms with van der Waals surface area (Å²) in [6.45, 7) is 1.64. The van der Waals surface area contributed by atoms with Crippen molar-refractivity contribution in [3.63, 3.8) is 0 Å². The fourth-order valence-electron chi connectivity index (χ4n) is 2.41. The van der Waals surface area contributed by atoms with E-state index in [4.69, 9.17) is 14.9 Å². The zero-order valence-electron chi connectivity index (χ0n) is 10.5. The number of ether oxygens (including phenoxy) is 1. The summed E-state index contributed by atoms with van der Waals surface area (Å²) in [5, 5.41) is 17.9. The summed E-state index contributed by atoms with van der Waals surface area (Å²) < 4.78 is 4.26. The van der Waals surface area contributed by atoms with Crippen LogP contribution in [0.5, 0.6) is 0 Å². The maximum atomic E-state index is 12.0. The number of carboxylic acids is 2. The Labute approximate surface area is 126 Å². The molecule has 0 aliphatic heterocycles. The molecule has 1 aliphatic carbocycles. The molecule has 0 aromatic heterocycles. The Morgan fingerprint density at radius 3 is 2.47 bits per heavy atom. The van der Waals surface area contributed by atoms with Crippen LogP contribution in [-0.4, -0.2) is 34.7 Å². The molecule has 4 atom stereocenters. The molecule has 0 amide bonds. The number of carbonyl (C=O) groups is 3. The number of rotatable bonds is 5. The van der Waals surface area contributed by atoms with Crippen LogP contribution >= 0.6 is 0 Å². The van der Waals surface area contributed by atoms with Gasteiger partial charge in [0.05, 0.1) is 0 Å². The van der Waals surface area contributed by atoms with Gasteiger partial charge < -0.3 is 0 Å². The molecule has 1 rings (SSSR count). The standard InChI is InChI=1S/C12H17AtO6/c1-6-3-2-4-7(10(14)15)9(6)12(18)19-5-8(13)11(16)17/h6-9H,2-5H2,1H3,(H,14,15)(H,16,17)/t6-,7-,8-,9+/m1/s1. The number of esters is 1. The molecule has 0 aromatic rings. The van der Waals surface area contributed by atoms with E-state index in [1.54, 1.807) is 0 Å². The fraction of sp³-hybridized carbons (Fsp3) is 0.750. The Bertz CT molecular complexity index is 369. The van der Waals surface area contributed by atoms with Gasteiger partial charge in [-0.2, -0.15) is 0 Å². The van der Waals surface area contributed by atoms with Gasteiger partial charge in [0.25, 0.3) is 0 Å².